The molecule has 1 amide bonds. The van der Waals surface area contributed by atoms with Gasteiger partial charge in [-0.3, -0.25) is 4.79 Å². The summed E-state index contributed by atoms with van der Waals surface area (Å²) in [5.41, 5.74) is -0.401. The van der Waals surface area contributed by atoms with E-state index in [0.717, 1.165) is 0 Å². The number of benzene rings is 3. The predicted molar refractivity (Wildman–Crippen MR) is 113 cm³/mol. The zero-order valence-corrected chi connectivity index (χ0v) is 16.3. The number of halogens is 2. The maximum atomic E-state index is 12.8. The Balaban J connectivity index is 1.67. The van der Waals surface area contributed by atoms with Crippen molar-refractivity contribution in [2.24, 2.45) is 0 Å². The van der Waals surface area contributed by atoms with Crippen LogP contribution in [0.3, 0.4) is 0 Å². The molecule has 1 aromatic heterocycles. The van der Waals surface area contributed by atoms with Gasteiger partial charge >= 0.3 is 5.63 Å². The van der Waals surface area contributed by atoms with Crippen molar-refractivity contribution in [2.75, 3.05) is 5.32 Å². The van der Waals surface area contributed by atoms with Crippen LogP contribution in [0.25, 0.3) is 11.0 Å². The van der Waals surface area contributed by atoms with Crippen LogP contribution in [0, 0.1) is 0 Å². The molecule has 0 aliphatic carbocycles. The van der Waals surface area contributed by atoms with E-state index in [4.69, 9.17) is 32.4 Å². The van der Waals surface area contributed by atoms with Crippen molar-refractivity contribution in [3.8, 4) is 11.5 Å². The minimum atomic E-state index is -0.805. The Bertz CT molecular complexity index is 1270. The first kappa shape index (κ1) is 19.1. The molecular formula is C22H13Cl2NO4. The van der Waals surface area contributed by atoms with Gasteiger partial charge in [-0.15, -0.1) is 0 Å². The molecule has 0 saturated heterocycles. The summed E-state index contributed by atoms with van der Waals surface area (Å²) in [4.78, 5) is 25.1. The summed E-state index contributed by atoms with van der Waals surface area (Å²) in [6.45, 7) is 0. The summed E-state index contributed by atoms with van der Waals surface area (Å²) in [5, 5.41) is 3.70. The molecule has 1 N–H and O–H groups in total. The Labute approximate surface area is 175 Å². The lowest BCUT2D eigenvalue weighted by molar-refractivity contribution is 0.102. The summed E-state index contributed by atoms with van der Waals surface area (Å²) in [6, 6.07) is 20.5. The highest BCUT2D eigenvalue weighted by Gasteiger charge is 2.17. The van der Waals surface area contributed by atoms with Gasteiger partial charge in [0.2, 0.25) is 0 Å². The van der Waals surface area contributed by atoms with Gasteiger partial charge in [-0.25, -0.2) is 4.79 Å². The van der Waals surface area contributed by atoms with Gasteiger partial charge in [-0.1, -0.05) is 53.5 Å². The van der Waals surface area contributed by atoms with E-state index in [1.165, 1.54) is 12.1 Å². The molecule has 1 heterocycles. The molecule has 3 aromatic carbocycles. The Kier molecular flexibility index (Phi) is 5.25. The minimum Gasteiger partial charge on any atom is -0.455 e. The smallest absolute Gasteiger partial charge is 0.349 e. The summed E-state index contributed by atoms with van der Waals surface area (Å²) in [6.07, 6.45) is 0. The molecule has 0 unspecified atom stereocenters. The van der Waals surface area contributed by atoms with Crippen molar-refractivity contribution in [3.05, 3.63) is 98.8 Å². The van der Waals surface area contributed by atoms with Crippen LogP contribution in [0.4, 0.5) is 5.69 Å². The van der Waals surface area contributed by atoms with Gasteiger partial charge in [0, 0.05) is 10.4 Å². The average molecular weight is 426 g/mol. The molecule has 7 heteroatoms. The molecular weight excluding hydrogens is 413 g/mol. The Morgan fingerprint density at radius 1 is 0.931 bits per heavy atom. The largest absolute Gasteiger partial charge is 0.455 e. The van der Waals surface area contributed by atoms with E-state index in [2.05, 4.69) is 5.32 Å². The Hall–Kier alpha value is -3.28. The van der Waals surface area contributed by atoms with E-state index in [9.17, 15) is 9.59 Å². The van der Waals surface area contributed by atoms with Crippen LogP contribution in [0.2, 0.25) is 10.0 Å². The number of carbonyl (C=O) groups excluding carboxylic acids is 1. The summed E-state index contributed by atoms with van der Waals surface area (Å²) < 4.78 is 11.1. The summed E-state index contributed by atoms with van der Waals surface area (Å²) in [5.74, 6) is 0.410. The highest BCUT2D eigenvalue weighted by molar-refractivity contribution is 6.38. The Morgan fingerprint density at radius 3 is 2.45 bits per heavy atom. The highest BCUT2D eigenvalue weighted by atomic mass is 35.5. The van der Waals surface area contributed by atoms with Crippen LogP contribution in [-0.4, -0.2) is 5.91 Å². The highest BCUT2D eigenvalue weighted by Crippen LogP contribution is 2.30. The van der Waals surface area contributed by atoms with Gasteiger partial charge < -0.3 is 14.5 Å². The molecule has 29 heavy (non-hydrogen) atoms. The molecule has 0 saturated carbocycles. The van der Waals surface area contributed by atoms with Crippen LogP contribution >= 0.6 is 23.2 Å². The van der Waals surface area contributed by atoms with Gasteiger partial charge in [0.05, 0.1) is 10.7 Å². The molecule has 4 aromatic rings. The van der Waals surface area contributed by atoms with E-state index >= 15 is 0 Å². The number of nitrogens with one attached hydrogen (secondary N) is 1. The lowest BCUT2D eigenvalue weighted by Crippen LogP contribution is -2.21. The molecule has 0 aliphatic rings. The quantitative estimate of drug-likeness (QED) is 0.398. The summed E-state index contributed by atoms with van der Waals surface area (Å²) in [7, 11) is 0. The fraction of sp³-hybridized carbons (Fsp3) is 0. The third-order valence-corrected chi connectivity index (χ3v) is 4.60. The standard InChI is InChI=1S/C22H13Cl2NO4/c23-14-10-13-11-16(22(27)29-20(13)17(24)12-14)21(26)25-18-8-4-5-9-19(18)28-15-6-2-1-3-7-15/h1-12H,(H,25,26). The number of hydrogen-bond donors (Lipinski definition) is 1. The fourth-order valence-electron chi connectivity index (χ4n) is 2.78. The first-order valence-corrected chi connectivity index (χ1v) is 9.33. The first-order valence-electron chi connectivity index (χ1n) is 8.57. The van der Waals surface area contributed by atoms with Crippen molar-refractivity contribution < 1.29 is 13.9 Å². The van der Waals surface area contributed by atoms with Crippen molar-refractivity contribution in [2.45, 2.75) is 0 Å². The van der Waals surface area contributed by atoms with E-state index in [-0.39, 0.29) is 16.2 Å². The van der Waals surface area contributed by atoms with Crippen LogP contribution in [-0.2, 0) is 0 Å². The van der Waals surface area contributed by atoms with Gasteiger partial charge in [0.15, 0.2) is 11.3 Å². The van der Waals surface area contributed by atoms with Gasteiger partial charge in [-0.05, 0) is 42.5 Å². The molecule has 144 valence electrons. The number of anilines is 1. The second-order valence-corrected chi connectivity index (χ2v) is 6.96. The molecule has 5 nitrogen and oxygen atoms in total. The predicted octanol–water partition coefficient (Wildman–Crippen LogP) is 6.14. The molecule has 0 fully saturated rings. The first-order chi connectivity index (χ1) is 14.0. The number of carbonyl (C=O) groups is 1. The second-order valence-electron chi connectivity index (χ2n) is 6.12. The van der Waals surface area contributed by atoms with E-state index in [0.29, 0.717) is 27.6 Å². The van der Waals surface area contributed by atoms with Crippen LogP contribution in [0.1, 0.15) is 10.4 Å². The fourth-order valence-corrected chi connectivity index (χ4v) is 3.33. The maximum Gasteiger partial charge on any atom is 0.349 e. The Morgan fingerprint density at radius 2 is 1.66 bits per heavy atom. The van der Waals surface area contributed by atoms with Crippen LogP contribution < -0.4 is 15.7 Å². The van der Waals surface area contributed by atoms with E-state index in [1.807, 2.05) is 18.2 Å². The zero-order valence-electron chi connectivity index (χ0n) is 14.8. The van der Waals surface area contributed by atoms with Crippen LogP contribution in [0.15, 0.2) is 82.0 Å². The number of ether oxygens (including phenoxy) is 1. The van der Waals surface area contributed by atoms with Gasteiger partial charge in [0.25, 0.3) is 5.91 Å². The van der Waals surface area contributed by atoms with Crippen molar-refractivity contribution in [1.82, 2.24) is 0 Å². The second kappa shape index (κ2) is 7.99. The SMILES string of the molecule is O=C(Nc1ccccc1Oc1ccccc1)c1cc2cc(Cl)cc(Cl)c2oc1=O. The number of rotatable bonds is 4. The lowest BCUT2D eigenvalue weighted by Gasteiger charge is -2.12. The molecule has 0 radical (unpaired) electrons. The van der Waals surface area contributed by atoms with Crippen molar-refractivity contribution >= 4 is 45.8 Å². The number of hydrogen-bond acceptors (Lipinski definition) is 4. The van der Waals surface area contributed by atoms with Gasteiger partial charge in [-0.2, -0.15) is 0 Å². The number of fused-ring (bicyclic) bond motifs is 1. The maximum absolute atomic E-state index is 12.8. The third-order valence-electron chi connectivity index (χ3n) is 4.10. The minimum absolute atomic E-state index is 0.172. The lowest BCUT2D eigenvalue weighted by atomic mass is 10.1. The van der Waals surface area contributed by atoms with Gasteiger partial charge in [0.1, 0.15) is 11.3 Å². The van der Waals surface area contributed by atoms with E-state index < -0.39 is 11.5 Å². The molecule has 4 rings (SSSR count). The normalized spacial score (nSPS) is 10.7. The average Bonchev–Trinajstić information content (AvgIpc) is 2.70. The topological polar surface area (TPSA) is 68.5 Å². The summed E-state index contributed by atoms with van der Waals surface area (Å²) >= 11 is 12.1. The molecule has 0 aliphatic heterocycles. The number of para-hydroxylation sites is 3. The molecule has 0 spiro atoms. The molecule has 0 atom stereocenters. The monoisotopic (exact) mass is 425 g/mol. The molecule has 0 bridgehead atoms. The zero-order chi connectivity index (χ0) is 20.4. The van der Waals surface area contributed by atoms with Crippen LogP contribution in [0.5, 0.6) is 11.5 Å². The third kappa shape index (κ3) is 4.11. The van der Waals surface area contributed by atoms with Crippen molar-refractivity contribution in [1.29, 1.82) is 0 Å². The number of amides is 1. The van der Waals surface area contributed by atoms with E-state index in [1.54, 1.807) is 42.5 Å². The van der Waals surface area contributed by atoms with Crippen molar-refractivity contribution in [3.63, 3.8) is 0 Å².